The second-order valence-corrected chi connectivity index (χ2v) is 9.48. The molecule has 1 saturated heterocycles. The van der Waals surface area contributed by atoms with Crippen LogP contribution >= 0.6 is 11.6 Å². The standard InChI is InChI=1S/C25H28ClN9O2/c1-4-9-33-24(37)20-15-28-25(29-18-12-17(26)13-19(14-18)32-10-7-27-8-11-32)30-23(20)35(33)21-5-6-22(36)34(31-21)16(2)3/h4-6,12-16,27H,1,7-11H2,2-3H3,(H,28,29,30). The van der Waals surface area contributed by atoms with Gasteiger partial charge in [0.2, 0.25) is 5.95 Å². The molecule has 0 amide bonds. The summed E-state index contributed by atoms with van der Waals surface area (Å²) < 4.78 is 4.43. The average molecular weight is 522 g/mol. The Morgan fingerprint density at radius 2 is 1.97 bits per heavy atom. The molecule has 12 heteroatoms. The number of benzene rings is 1. The lowest BCUT2D eigenvalue weighted by Gasteiger charge is -2.30. The molecular formula is C25H28ClN9O2. The summed E-state index contributed by atoms with van der Waals surface area (Å²) in [4.78, 5) is 36.8. The van der Waals surface area contributed by atoms with Crippen molar-refractivity contribution in [1.82, 2.24) is 34.4 Å². The van der Waals surface area contributed by atoms with Crippen LogP contribution in [0.5, 0.6) is 0 Å². The molecule has 1 aliphatic heterocycles. The molecule has 0 unspecified atom stereocenters. The van der Waals surface area contributed by atoms with E-state index in [1.54, 1.807) is 22.9 Å². The van der Waals surface area contributed by atoms with Crippen molar-refractivity contribution in [3.8, 4) is 5.82 Å². The van der Waals surface area contributed by atoms with Crippen molar-refractivity contribution in [2.75, 3.05) is 36.4 Å². The third-order valence-corrected chi connectivity index (χ3v) is 6.33. The highest BCUT2D eigenvalue weighted by Crippen LogP contribution is 2.27. The van der Waals surface area contributed by atoms with Crippen molar-refractivity contribution < 1.29 is 0 Å². The highest BCUT2D eigenvalue weighted by atomic mass is 35.5. The van der Waals surface area contributed by atoms with Gasteiger partial charge in [-0.1, -0.05) is 17.7 Å². The van der Waals surface area contributed by atoms with Gasteiger partial charge in [0, 0.05) is 54.8 Å². The van der Waals surface area contributed by atoms with E-state index in [0.29, 0.717) is 27.8 Å². The Balaban J connectivity index is 1.60. The maximum atomic E-state index is 13.2. The van der Waals surface area contributed by atoms with Gasteiger partial charge in [0.1, 0.15) is 5.39 Å². The number of fused-ring (bicyclic) bond motifs is 1. The van der Waals surface area contributed by atoms with Gasteiger partial charge in [-0.15, -0.1) is 11.7 Å². The van der Waals surface area contributed by atoms with E-state index in [2.05, 4.69) is 37.2 Å². The van der Waals surface area contributed by atoms with E-state index >= 15 is 0 Å². The second-order valence-electron chi connectivity index (χ2n) is 9.05. The van der Waals surface area contributed by atoms with Crippen molar-refractivity contribution >= 4 is 40.0 Å². The van der Waals surface area contributed by atoms with Gasteiger partial charge in [0.25, 0.3) is 11.1 Å². The Morgan fingerprint density at radius 1 is 1.19 bits per heavy atom. The van der Waals surface area contributed by atoms with Crippen LogP contribution in [0.3, 0.4) is 0 Å². The summed E-state index contributed by atoms with van der Waals surface area (Å²) in [6.45, 7) is 11.3. The minimum atomic E-state index is -0.283. The first-order valence-electron chi connectivity index (χ1n) is 12.1. The van der Waals surface area contributed by atoms with Gasteiger partial charge in [-0.3, -0.25) is 9.59 Å². The third-order valence-electron chi connectivity index (χ3n) is 6.12. The number of nitrogens with one attached hydrogen (secondary N) is 2. The molecule has 0 aliphatic carbocycles. The fraction of sp³-hybridized carbons (Fsp3) is 0.320. The molecule has 1 aromatic carbocycles. The molecule has 11 nitrogen and oxygen atoms in total. The molecule has 4 heterocycles. The molecule has 5 rings (SSSR count). The number of allylic oxidation sites excluding steroid dienone is 1. The number of piperazine rings is 1. The molecule has 3 aromatic heterocycles. The molecule has 2 N–H and O–H groups in total. The SMILES string of the molecule is C=CCn1c(=O)c2cnc(Nc3cc(Cl)cc(N4CCNCC4)c3)nc2n1-c1ccc(=O)n(C(C)C)n1. The Labute approximate surface area is 218 Å². The van der Waals surface area contributed by atoms with Gasteiger partial charge in [0.05, 0.1) is 12.6 Å². The molecular weight excluding hydrogens is 494 g/mol. The zero-order valence-corrected chi connectivity index (χ0v) is 21.4. The highest BCUT2D eigenvalue weighted by Gasteiger charge is 2.19. The maximum Gasteiger partial charge on any atom is 0.278 e. The number of rotatable bonds is 7. The summed E-state index contributed by atoms with van der Waals surface area (Å²) in [5, 5.41) is 12.0. The number of hydrogen-bond donors (Lipinski definition) is 2. The van der Waals surface area contributed by atoms with Crippen molar-refractivity contribution in [3.63, 3.8) is 0 Å². The molecule has 0 bridgehead atoms. The number of halogens is 1. The van der Waals surface area contributed by atoms with Gasteiger partial charge in [-0.2, -0.15) is 4.98 Å². The van der Waals surface area contributed by atoms with E-state index in [1.807, 2.05) is 26.0 Å². The zero-order valence-electron chi connectivity index (χ0n) is 20.7. The average Bonchev–Trinajstić information content (AvgIpc) is 3.15. The van der Waals surface area contributed by atoms with Crippen molar-refractivity contribution in [2.24, 2.45) is 0 Å². The van der Waals surface area contributed by atoms with Gasteiger partial charge in [-0.25, -0.2) is 19.0 Å². The lowest BCUT2D eigenvalue weighted by Crippen LogP contribution is -2.43. The quantitative estimate of drug-likeness (QED) is 0.357. The topological polar surface area (TPSA) is 115 Å². The molecule has 4 aromatic rings. The third kappa shape index (κ3) is 4.87. The van der Waals surface area contributed by atoms with Crippen LogP contribution in [-0.2, 0) is 6.54 Å². The van der Waals surface area contributed by atoms with Crippen LogP contribution in [0.4, 0.5) is 17.3 Å². The molecule has 1 aliphatic rings. The van der Waals surface area contributed by atoms with Gasteiger partial charge >= 0.3 is 0 Å². The van der Waals surface area contributed by atoms with Crippen LogP contribution in [0, 0.1) is 0 Å². The van der Waals surface area contributed by atoms with E-state index in [-0.39, 0.29) is 23.7 Å². The summed E-state index contributed by atoms with van der Waals surface area (Å²) in [7, 11) is 0. The maximum absolute atomic E-state index is 13.2. The van der Waals surface area contributed by atoms with E-state index in [0.717, 1.165) is 37.6 Å². The van der Waals surface area contributed by atoms with Crippen LogP contribution in [-0.4, -0.2) is 55.3 Å². The Morgan fingerprint density at radius 3 is 2.70 bits per heavy atom. The lowest BCUT2D eigenvalue weighted by molar-refractivity contribution is 0.486. The predicted octanol–water partition coefficient (Wildman–Crippen LogP) is 2.71. The molecule has 0 spiro atoms. The van der Waals surface area contributed by atoms with Crippen molar-refractivity contribution in [1.29, 1.82) is 0 Å². The Hall–Kier alpha value is -3.96. The molecule has 192 valence electrons. The predicted molar refractivity (Wildman–Crippen MR) is 146 cm³/mol. The Bertz CT molecular complexity index is 1580. The summed E-state index contributed by atoms with van der Waals surface area (Å²) in [6, 6.07) is 8.59. The molecule has 0 saturated carbocycles. The fourth-order valence-corrected chi connectivity index (χ4v) is 4.62. The molecule has 0 atom stereocenters. The van der Waals surface area contributed by atoms with E-state index in [1.165, 1.54) is 21.6 Å². The normalized spacial score (nSPS) is 13.9. The van der Waals surface area contributed by atoms with Gasteiger partial charge < -0.3 is 15.5 Å². The van der Waals surface area contributed by atoms with Crippen molar-refractivity contribution in [2.45, 2.75) is 26.4 Å². The van der Waals surface area contributed by atoms with Gasteiger partial charge in [0.15, 0.2) is 11.5 Å². The zero-order chi connectivity index (χ0) is 26.1. The fourth-order valence-electron chi connectivity index (χ4n) is 4.39. The monoisotopic (exact) mass is 521 g/mol. The first kappa shape index (κ1) is 24.7. The first-order chi connectivity index (χ1) is 17.9. The van der Waals surface area contributed by atoms with E-state index in [9.17, 15) is 9.59 Å². The first-order valence-corrected chi connectivity index (χ1v) is 12.5. The summed E-state index contributed by atoms with van der Waals surface area (Å²) >= 11 is 6.43. The summed E-state index contributed by atoms with van der Waals surface area (Å²) in [5.74, 6) is 0.679. The number of anilines is 3. The van der Waals surface area contributed by atoms with E-state index < -0.39 is 0 Å². The van der Waals surface area contributed by atoms with Crippen molar-refractivity contribution in [3.05, 3.63) is 74.9 Å². The molecule has 1 fully saturated rings. The van der Waals surface area contributed by atoms with Gasteiger partial charge in [-0.05, 0) is 38.1 Å². The number of hydrogen-bond acceptors (Lipinski definition) is 8. The molecule has 0 radical (unpaired) electrons. The van der Waals surface area contributed by atoms with Crippen LogP contribution in [0.2, 0.25) is 5.02 Å². The minimum absolute atomic E-state index is 0.159. The van der Waals surface area contributed by atoms with Crippen LogP contribution < -0.4 is 26.7 Å². The van der Waals surface area contributed by atoms with Crippen LogP contribution in [0.15, 0.2) is 58.8 Å². The Kier molecular flexibility index (Phi) is 6.81. The lowest BCUT2D eigenvalue weighted by atomic mass is 10.2. The van der Waals surface area contributed by atoms with E-state index in [4.69, 9.17) is 11.6 Å². The highest BCUT2D eigenvalue weighted by molar-refractivity contribution is 6.31. The summed E-state index contributed by atoms with van der Waals surface area (Å²) in [5.41, 5.74) is 1.58. The number of nitrogens with zero attached hydrogens (tertiary/aromatic N) is 7. The largest absolute Gasteiger partial charge is 0.369 e. The van der Waals surface area contributed by atoms with Crippen LogP contribution in [0.25, 0.3) is 16.9 Å². The van der Waals surface area contributed by atoms with Crippen LogP contribution in [0.1, 0.15) is 19.9 Å². The number of aromatic nitrogens is 6. The smallest absolute Gasteiger partial charge is 0.278 e. The summed E-state index contributed by atoms with van der Waals surface area (Å²) in [6.07, 6.45) is 3.11. The second kappa shape index (κ2) is 10.2. The minimum Gasteiger partial charge on any atom is -0.369 e. The molecule has 37 heavy (non-hydrogen) atoms.